The molecule has 1 atom stereocenters. The lowest BCUT2D eigenvalue weighted by atomic mass is 9.72. The van der Waals surface area contributed by atoms with Crippen molar-refractivity contribution in [3.63, 3.8) is 0 Å². The van der Waals surface area contributed by atoms with Gasteiger partial charge in [0, 0.05) is 5.41 Å². The third-order valence-electron chi connectivity index (χ3n) is 6.39. The summed E-state index contributed by atoms with van der Waals surface area (Å²) < 4.78 is 0. The summed E-state index contributed by atoms with van der Waals surface area (Å²) in [4.78, 5) is 0. The minimum atomic E-state index is -1.06. The van der Waals surface area contributed by atoms with Gasteiger partial charge in [-0.3, -0.25) is 0 Å². The first-order chi connectivity index (χ1) is 12.4. The minimum Gasteiger partial charge on any atom is -0.376 e. The number of hydrogen-bond donors (Lipinski definition) is 2. The zero-order chi connectivity index (χ0) is 19.7. The van der Waals surface area contributed by atoms with Crippen molar-refractivity contribution in [1.29, 1.82) is 0 Å². The summed E-state index contributed by atoms with van der Waals surface area (Å²) in [7, 11) is 0. The second-order valence-corrected chi connectivity index (χ2v) is 9.16. The maximum absolute atomic E-state index is 10.5. The highest BCUT2D eigenvalue weighted by molar-refractivity contribution is 5.85. The molecule has 0 saturated carbocycles. The van der Waals surface area contributed by atoms with Gasteiger partial charge in [-0.25, -0.2) is 0 Å². The molecule has 1 unspecified atom stereocenters. The molecule has 0 aliphatic heterocycles. The first-order valence-electron chi connectivity index (χ1n) is 11.9. The predicted molar refractivity (Wildman–Crippen MR) is 125 cm³/mol. The van der Waals surface area contributed by atoms with Crippen molar-refractivity contribution in [2.45, 2.75) is 149 Å². The fourth-order valence-electron chi connectivity index (χ4n) is 3.93. The molecule has 2 nitrogen and oxygen atoms in total. The quantitative estimate of drug-likeness (QED) is 0.168. The van der Waals surface area contributed by atoms with Crippen molar-refractivity contribution in [3.05, 3.63) is 0 Å². The molecule has 0 rings (SSSR count). The van der Waals surface area contributed by atoms with Gasteiger partial charge < -0.3 is 10.8 Å². The summed E-state index contributed by atoms with van der Waals surface area (Å²) in [5.41, 5.74) is 4.96. The van der Waals surface area contributed by atoms with Crippen molar-refractivity contribution in [3.8, 4) is 0 Å². The highest BCUT2D eigenvalue weighted by Gasteiger charge is 2.38. The van der Waals surface area contributed by atoms with E-state index in [4.69, 9.17) is 5.73 Å². The van der Waals surface area contributed by atoms with Gasteiger partial charge in [0.25, 0.3) is 0 Å². The lowest BCUT2D eigenvalue weighted by Gasteiger charge is -2.40. The van der Waals surface area contributed by atoms with Crippen molar-refractivity contribution in [2.24, 2.45) is 11.1 Å². The first-order valence-corrected chi connectivity index (χ1v) is 11.9. The minimum absolute atomic E-state index is 0. The molecular formula is C24H52ClNO. The summed E-state index contributed by atoms with van der Waals surface area (Å²) in [6, 6.07) is 0. The third-order valence-corrected chi connectivity index (χ3v) is 6.39. The van der Waals surface area contributed by atoms with Crippen molar-refractivity contribution < 1.29 is 5.11 Å². The fourth-order valence-corrected chi connectivity index (χ4v) is 3.93. The van der Waals surface area contributed by atoms with E-state index in [0.29, 0.717) is 0 Å². The largest absolute Gasteiger partial charge is 0.376 e. The van der Waals surface area contributed by atoms with Crippen molar-refractivity contribution in [1.82, 2.24) is 0 Å². The molecule has 3 N–H and O–H groups in total. The van der Waals surface area contributed by atoms with Gasteiger partial charge in [0.1, 0.15) is 5.72 Å². The van der Waals surface area contributed by atoms with Crippen LogP contribution in [0.25, 0.3) is 0 Å². The van der Waals surface area contributed by atoms with E-state index in [0.717, 1.165) is 12.8 Å². The van der Waals surface area contributed by atoms with E-state index in [1.54, 1.807) is 0 Å². The average molecular weight is 406 g/mol. The van der Waals surface area contributed by atoms with E-state index < -0.39 is 5.72 Å². The second kappa shape index (κ2) is 18.3. The molecule has 0 radical (unpaired) electrons. The van der Waals surface area contributed by atoms with Gasteiger partial charge >= 0.3 is 0 Å². The van der Waals surface area contributed by atoms with Gasteiger partial charge in [0.05, 0.1) is 0 Å². The van der Waals surface area contributed by atoms with Crippen LogP contribution in [0, 0.1) is 5.41 Å². The molecule has 0 aromatic heterocycles. The van der Waals surface area contributed by atoms with Crippen molar-refractivity contribution >= 4 is 12.4 Å². The Labute approximate surface area is 177 Å². The number of aliphatic hydroxyl groups is 1. The fraction of sp³-hybridized carbons (Fsp3) is 1.00. The number of unbranched alkanes of at least 4 members (excludes halogenated alkanes) is 14. The van der Waals surface area contributed by atoms with Crippen LogP contribution in [0.3, 0.4) is 0 Å². The van der Waals surface area contributed by atoms with E-state index >= 15 is 0 Å². The molecule has 0 heterocycles. The lowest BCUT2D eigenvalue weighted by Crippen LogP contribution is -2.51. The van der Waals surface area contributed by atoms with Crippen LogP contribution in [0.1, 0.15) is 143 Å². The van der Waals surface area contributed by atoms with Gasteiger partial charge in [0.15, 0.2) is 0 Å². The van der Waals surface area contributed by atoms with Gasteiger partial charge in [0.2, 0.25) is 0 Å². The Hall–Kier alpha value is 0.210. The highest BCUT2D eigenvalue weighted by atomic mass is 35.5. The van der Waals surface area contributed by atoms with Crippen LogP contribution < -0.4 is 5.73 Å². The summed E-state index contributed by atoms with van der Waals surface area (Å²) >= 11 is 0. The number of halogens is 1. The Kier molecular flexibility index (Phi) is 19.9. The van der Waals surface area contributed by atoms with Crippen LogP contribution in [0.5, 0.6) is 0 Å². The monoisotopic (exact) mass is 405 g/mol. The lowest BCUT2D eigenvalue weighted by molar-refractivity contribution is -0.0680. The van der Waals surface area contributed by atoms with Gasteiger partial charge in [-0.2, -0.15) is 0 Å². The van der Waals surface area contributed by atoms with Gasteiger partial charge in [-0.15, -0.1) is 12.4 Å². The van der Waals surface area contributed by atoms with Gasteiger partial charge in [-0.1, -0.05) is 124 Å². The molecule has 0 aliphatic rings. The molecular weight excluding hydrogens is 354 g/mol. The Morgan fingerprint density at radius 3 is 1.07 bits per heavy atom. The molecule has 0 aliphatic carbocycles. The Balaban J connectivity index is 0. The van der Waals surface area contributed by atoms with Crippen LogP contribution >= 0.6 is 12.4 Å². The average Bonchev–Trinajstić information content (AvgIpc) is 2.58. The summed E-state index contributed by atoms with van der Waals surface area (Å²) in [5.74, 6) is 0. The zero-order valence-corrected chi connectivity index (χ0v) is 20.0. The molecule has 166 valence electrons. The Morgan fingerprint density at radius 1 is 0.556 bits per heavy atom. The topological polar surface area (TPSA) is 46.2 Å². The maximum Gasteiger partial charge on any atom is 0.116 e. The smallest absolute Gasteiger partial charge is 0.116 e. The molecule has 27 heavy (non-hydrogen) atoms. The normalized spacial score (nSPS) is 14.0. The molecule has 0 aromatic rings. The zero-order valence-electron chi connectivity index (χ0n) is 19.2. The number of rotatable bonds is 19. The van der Waals surface area contributed by atoms with Crippen LogP contribution in [-0.4, -0.2) is 10.8 Å². The first kappa shape index (κ1) is 29.4. The summed E-state index contributed by atoms with van der Waals surface area (Å²) in [5, 5.41) is 10.5. The predicted octanol–water partition coefficient (Wildman–Crippen LogP) is 8.14. The molecule has 3 heteroatoms. The highest BCUT2D eigenvalue weighted by Crippen LogP contribution is 2.38. The second-order valence-electron chi connectivity index (χ2n) is 9.16. The molecule has 0 aromatic carbocycles. The van der Waals surface area contributed by atoms with E-state index in [9.17, 15) is 5.11 Å². The molecule has 0 amide bonds. The van der Waals surface area contributed by atoms with Crippen LogP contribution in [0.4, 0.5) is 0 Å². The van der Waals surface area contributed by atoms with E-state index in [1.807, 2.05) is 6.92 Å². The van der Waals surface area contributed by atoms with E-state index in [-0.39, 0.29) is 17.8 Å². The molecule has 0 spiro atoms. The Bertz CT molecular complexity index is 281. The van der Waals surface area contributed by atoms with E-state index in [2.05, 4.69) is 20.8 Å². The number of nitrogens with two attached hydrogens (primary N) is 1. The molecule has 0 saturated heterocycles. The summed E-state index contributed by atoms with van der Waals surface area (Å²) in [6.07, 6.45) is 23.5. The molecule has 0 fully saturated rings. The number of hydrogen-bond acceptors (Lipinski definition) is 2. The summed E-state index contributed by atoms with van der Waals surface area (Å²) in [6.45, 7) is 8.55. The van der Waals surface area contributed by atoms with Crippen LogP contribution in [0.2, 0.25) is 0 Å². The van der Waals surface area contributed by atoms with E-state index in [1.165, 1.54) is 103 Å². The van der Waals surface area contributed by atoms with Gasteiger partial charge in [-0.05, 0) is 19.8 Å². The maximum atomic E-state index is 10.5. The van der Waals surface area contributed by atoms with Crippen molar-refractivity contribution in [2.75, 3.05) is 0 Å². The SMILES string of the molecule is CCCCCCCCCCC(C)(CCCCCCCCCC)C(C)(N)O.Cl. The third kappa shape index (κ3) is 15.8. The molecule has 0 bridgehead atoms. The van der Waals surface area contributed by atoms with Crippen LogP contribution in [0.15, 0.2) is 0 Å². The van der Waals surface area contributed by atoms with Crippen LogP contribution in [-0.2, 0) is 0 Å². The standard InChI is InChI=1S/C24H51NO.ClH/c1-5-7-9-11-13-15-17-19-21-23(3,24(4,25)26)22-20-18-16-14-12-10-8-6-2;/h26H,5-22,25H2,1-4H3;1H. The Morgan fingerprint density at radius 2 is 0.815 bits per heavy atom.